The van der Waals surface area contributed by atoms with Crippen molar-refractivity contribution in [3.63, 3.8) is 0 Å². The summed E-state index contributed by atoms with van der Waals surface area (Å²) in [5.41, 5.74) is 0.230. The monoisotopic (exact) mass is 308 g/mol. The molecule has 2 rings (SSSR count). The summed E-state index contributed by atoms with van der Waals surface area (Å²) in [6, 6.07) is 3.71. The summed E-state index contributed by atoms with van der Waals surface area (Å²) < 4.78 is 1.60. The molecule has 7 nitrogen and oxygen atoms in total. The average Bonchev–Trinajstić information content (AvgIpc) is 3.08. The van der Waals surface area contributed by atoms with E-state index in [4.69, 9.17) is 5.11 Å². The zero-order chi connectivity index (χ0) is 15.2. The third kappa shape index (κ3) is 4.67. The normalized spacial score (nSPS) is 12.0. The maximum atomic E-state index is 11.9. The Morgan fingerprint density at radius 3 is 3.00 bits per heavy atom. The number of hydrogen-bond donors (Lipinski definition) is 2. The van der Waals surface area contributed by atoms with E-state index in [1.165, 1.54) is 0 Å². The van der Waals surface area contributed by atoms with Crippen molar-refractivity contribution in [2.45, 2.75) is 32.4 Å². The molecule has 0 spiro atoms. The molecule has 0 saturated heterocycles. The van der Waals surface area contributed by atoms with E-state index in [1.54, 1.807) is 29.1 Å². The van der Waals surface area contributed by atoms with E-state index in [1.807, 2.05) is 17.5 Å². The number of carbonyl (C=O) groups excluding carboxylic acids is 1. The molecule has 112 valence electrons. The molecule has 2 aromatic rings. The summed E-state index contributed by atoms with van der Waals surface area (Å²) in [6.07, 6.45) is 1.98. The minimum atomic E-state index is -0.877. The molecular weight excluding hydrogens is 292 g/mol. The Morgan fingerprint density at radius 1 is 1.52 bits per heavy atom. The summed E-state index contributed by atoms with van der Waals surface area (Å²) in [4.78, 5) is 23.5. The van der Waals surface area contributed by atoms with Crippen LogP contribution in [0.25, 0.3) is 0 Å². The topological polar surface area (TPSA) is 97.1 Å². The van der Waals surface area contributed by atoms with Crippen LogP contribution in [0.4, 0.5) is 0 Å². The Hall–Kier alpha value is -2.22. The van der Waals surface area contributed by atoms with Gasteiger partial charge in [-0.1, -0.05) is 11.3 Å². The van der Waals surface area contributed by atoms with Crippen LogP contribution in [0.15, 0.2) is 23.7 Å². The number of carboxylic acids is 1. The molecule has 2 N–H and O–H groups in total. The second kappa shape index (κ2) is 6.98. The van der Waals surface area contributed by atoms with E-state index in [2.05, 4.69) is 15.6 Å². The average molecular weight is 308 g/mol. The van der Waals surface area contributed by atoms with Gasteiger partial charge in [-0.25, -0.2) is 4.68 Å². The molecular formula is C13H16N4O3S. The lowest BCUT2D eigenvalue weighted by molar-refractivity contribution is -0.137. The maximum Gasteiger partial charge on any atom is 0.303 e. The number of aliphatic carboxylic acids is 1. The molecule has 1 amide bonds. The fraction of sp³-hybridized carbons (Fsp3) is 0.385. The highest BCUT2D eigenvalue weighted by Gasteiger charge is 2.14. The molecule has 1 atom stereocenters. The number of hydrogen-bond acceptors (Lipinski definition) is 5. The number of carboxylic acid groups (broad SMARTS) is 1. The predicted octanol–water partition coefficient (Wildman–Crippen LogP) is 1.37. The molecule has 0 aliphatic carbocycles. The molecule has 0 aromatic carbocycles. The SMILES string of the molecule is CC(CCC(=O)O)NC(=O)c1cn(Cc2cccs2)nn1. The number of carbonyl (C=O) groups is 2. The molecule has 0 aliphatic heterocycles. The van der Waals surface area contributed by atoms with Crippen molar-refractivity contribution in [3.05, 3.63) is 34.3 Å². The van der Waals surface area contributed by atoms with Gasteiger partial charge in [-0.15, -0.1) is 16.4 Å². The first-order valence-electron chi connectivity index (χ1n) is 6.50. The molecule has 1 unspecified atom stereocenters. The van der Waals surface area contributed by atoms with Gasteiger partial charge >= 0.3 is 5.97 Å². The zero-order valence-electron chi connectivity index (χ0n) is 11.5. The van der Waals surface area contributed by atoms with Crippen molar-refractivity contribution in [3.8, 4) is 0 Å². The molecule has 0 saturated carbocycles. The van der Waals surface area contributed by atoms with Gasteiger partial charge in [-0.2, -0.15) is 0 Å². The summed E-state index contributed by atoms with van der Waals surface area (Å²) in [6.45, 7) is 2.34. The molecule has 21 heavy (non-hydrogen) atoms. The highest BCUT2D eigenvalue weighted by atomic mass is 32.1. The maximum absolute atomic E-state index is 11.9. The fourth-order valence-electron chi connectivity index (χ4n) is 1.75. The summed E-state index contributed by atoms with van der Waals surface area (Å²) in [5, 5.41) is 21.0. The Bertz CT molecular complexity index is 609. The van der Waals surface area contributed by atoms with Crippen molar-refractivity contribution in [2.75, 3.05) is 0 Å². The Labute approximate surface area is 125 Å². The molecule has 2 heterocycles. The third-order valence-electron chi connectivity index (χ3n) is 2.84. The van der Waals surface area contributed by atoms with Crippen LogP contribution < -0.4 is 5.32 Å². The van der Waals surface area contributed by atoms with Crippen LogP contribution >= 0.6 is 11.3 Å². The first kappa shape index (κ1) is 15.2. The summed E-state index contributed by atoms with van der Waals surface area (Å²) in [7, 11) is 0. The molecule has 0 bridgehead atoms. The predicted molar refractivity (Wildman–Crippen MR) is 77.2 cm³/mol. The highest BCUT2D eigenvalue weighted by molar-refractivity contribution is 7.09. The van der Waals surface area contributed by atoms with Gasteiger partial charge in [0.1, 0.15) is 0 Å². The van der Waals surface area contributed by atoms with Crippen LogP contribution in [0.2, 0.25) is 0 Å². The van der Waals surface area contributed by atoms with E-state index in [-0.39, 0.29) is 24.1 Å². The van der Waals surface area contributed by atoms with E-state index < -0.39 is 5.97 Å². The highest BCUT2D eigenvalue weighted by Crippen LogP contribution is 2.10. The van der Waals surface area contributed by atoms with E-state index >= 15 is 0 Å². The Morgan fingerprint density at radius 2 is 2.33 bits per heavy atom. The van der Waals surface area contributed by atoms with Gasteiger partial charge < -0.3 is 10.4 Å². The van der Waals surface area contributed by atoms with Gasteiger partial charge in [0.05, 0.1) is 12.7 Å². The smallest absolute Gasteiger partial charge is 0.303 e. The molecule has 0 aliphatic rings. The quantitative estimate of drug-likeness (QED) is 0.805. The van der Waals surface area contributed by atoms with Crippen LogP contribution in [0.3, 0.4) is 0 Å². The largest absolute Gasteiger partial charge is 0.481 e. The van der Waals surface area contributed by atoms with E-state index in [0.717, 1.165) is 4.88 Å². The summed E-state index contributed by atoms with van der Waals surface area (Å²) >= 11 is 1.61. The van der Waals surface area contributed by atoms with Crippen molar-refractivity contribution >= 4 is 23.2 Å². The molecule has 0 fully saturated rings. The second-order valence-corrected chi connectivity index (χ2v) is 5.72. The Balaban J connectivity index is 1.88. The van der Waals surface area contributed by atoms with Crippen molar-refractivity contribution in [1.29, 1.82) is 0 Å². The molecule has 0 radical (unpaired) electrons. The lowest BCUT2D eigenvalue weighted by Crippen LogP contribution is -2.33. The van der Waals surface area contributed by atoms with Crippen LogP contribution in [-0.4, -0.2) is 38.0 Å². The van der Waals surface area contributed by atoms with E-state index in [0.29, 0.717) is 13.0 Å². The molecule has 8 heteroatoms. The second-order valence-electron chi connectivity index (χ2n) is 4.69. The van der Waals surface area contributed by atoms with Gasteiger partial charge in [0.2, 0.25) is 0 Å². The fourth-order valence-corrected chi connectivity index (χ4v) is 2.45. The number of aromatic nitrogens is 3. The third-order valence-corrected chi connectivity index (χ3v) is 3.70. The number of nitrogens with one attached hydrogen (secondary N) is 1. The van der Waals surface area contributed by atoms with Crippen LogP contribution in [0.5, 0.6) is 0 Å². The van der Waals surface area contributed by atoms with Gasteiger partial charge in [-0.3, -0.25) is 9.59 Å². The minimum absolute atomic E-state index is 0.0204. The van der Waals surface area contributed by atoms with Crippen LogP contribution in [0, 0.1) is 0 Å². The number of rotatable bonds is 7. The number of thiophene rings is 1. The van der Waals surface area contributed by atoms with Gasteiger partial charge in [0.25, 0.3) is 5.91 Å². The number of nitrogens with zero attached hydrogens (tertiary/aromatic N) is 3. The van der Waals surface area contributed by atoms with Gasteiger partial charge in [0.15, 0.2) is 5.69 Å². The van der Waals surface area contributed by atoms with Crippen molar-refractivity contribution < 1.29 is 14.7 Å². The van der Waals surface area contributed by atoms with Gasteiger partial charge in [-0.05, 0) is 24.8 Å². The Kier molecular flexibility index (Phi) is 5.04. The van der Waals surface area contributed by atoms with Crippen molar-refractivity contribution in [2.24, 2.45) is 0 Å². The standard InChI is InChI=1S/C13H16N4O3S/c1-9(4-5-12(18)19)14-13(20)11-8-17(16-15-11)7-10-3-2-6-21-10/h2-3,6,8-9H,4-5,7H2,1H3,(H,14,20)(H,18,19). The number of amides is 1. The lowest BCUT2D eigenvalue weighted by atomic mass is 10.2. The van der Waals surface area contributed by atoms with Crippen LogP contribution in [0.1, 0.15) is 35.1 Å². The van der Waals surface area contributed by atoms with Gasteiger partial charge in [0, 0.05) is 17.3 Å². The summed E-state index contributed by atoms with van der Waals surface area (Å²) in [5.74, 6) is -1.22. The molecule has 2 aromatic heterocycles. The lowest BCUT2D eigenvalue weighted by Gasteiger charge is -2.10. The van der Waals surface area contributed by atoms with Crippen molar-refractivity contribution in [1.82, 2.24) is 20.3 Å². The first-order chi connectivity index (χ1) is 10.0. The van der Waals surface area contributed by atoms with Crippen LogP contribution in [-0.2, 0) is 11.3 Å². The zero-order valence-corrected chi connectivity index (χ0v) is 12.3. The first-order valence-corrected chi connectivity index (χ1v) is 7.37. The van der Waals surface area contributed by atoms with E-state index in [9.17, 15) is 9.59 Å². The minimum Gasteiger partial charge on any atom is -0.481 e.